The summed E-state index contributed by atoms with van der Waals surface area (Å²) in [4.78, 5) is 0. The Labute approximate surface area is 133 Å². The van der Waals surface area contributed by atoms with Crippen LogP contribution < -0.4 is 10.1 Å². The predicted molar refractivity (Wildman–Crippen MR) is 87.3 cm³/mol. The van der Waals surface area contributed by atoms with Gasteiger partial charge in [-0.25, -0.2) is 4.39 Å². The molecule has 1 N–H and O–H groups in total. The van der Waals surface area contributed by atoms with E-state index >= 15 is 0 Å². The summed E-state index contributed by atoms with van der Waals surface area (Å²) in [5, 5.41) is 3.44. The third-order valence-corrected chi connectivity index (χ3v) is 3.82. The molecule has 112 valence electrons. The molecule has 4 heteroatoms. The van der Waals surface area contributed by atoms with E-state index in [1.807, 2.05) is 24.3 Å². The van der Waals surface area contributed by atoms with E-state index < -0.39 is 0 Å². The van der Waals surface area contributed by atoms with Crippen LogP contribution in [-0.2, 0) is 0 Å². The molecule has 2 aromatic rings. The Bertz CT molecular complexity index is 586. The molecule has 2 nitrogen and oxygen atoms in total. The highest BCUT2D eigenvalue weighted by Gasteiger charge is 2.06. The van der Waals surface area contributed by atoms with Crippen LogP contribution in [0.1, 0.15) is 31.9 Å². The maximum absolute atomic E-state index is 13.0. The van der Waals surface area contributed by atoms with Gasteiger partial charge in [-0.3, -0.25) is 0 Å². The summed E-state index contributed by atoms with van der Waals surface area (Å²) in [7, 11) is 0. The molecular formula is C17H19BrFNO. The highest BCUT2D eigenvalue weighted by molar-refractivity contribution is 9.10. The van der Waals surface area contributed by atoms with E-state index in [9.17, 15) is 4.39 Å². The van der Waals surface area contributed by atoms with E-state index in [0.717, 1.165) is 18.7 Å². The summed E-state index contributed by atoms with van der Waals surface area (Å²) in [5.74, 6) is 1.04. The zero-order valence-corrected chi connectivity index (χ0v) is 13.8. The minimum absolute atomic E-state index is 0.291. The Morgan fingerprint density at radius 2 is 1.90 bits per heavy atom. The number of benzene rings is 2. The van der Waals surface area contributed by atoms with E-state index in [-0.39, 0.29) is 5.82 Å². The van der Waals surface area contributed by atoms with Gasteiger partial charge < -0.3 is 10.1 Å². The average molecular weight is 352 g/mol. The summed E-state index contributed by atoms with van der Waals surface area (Å²) >= 11 is 3.30. The van der Waals surface area contributed by atoms with Gasteiger partial charge in [0.25, 0.3) is 0 Å². The lowest BCUT2D eigenvalue weighted by atomic mass is 10.1. The average Bonchev–Trinajstić information content (AvgIpc) is 2.48. The molecule has 2 aromatic carbocycles. The molecule has 0 bridgehead atoms. The van der Waals surface area contributed by atoms with Crippen LogP contribution in [-0.4, -0.2) is 6.54 Å². The van der Waals surface area contributed by atoms with Crippen LogP contribution in [0.3, 0.4) is 0 Å². The van der Waals surface area contributed by atoms with Crippen LogP contribution >= 0.6 is 15.9 Å². The Balaban J connectivity index is 2.05. The third kappa shape index (κ3) is 4.55. The van der Waals surface area contributed by atoms with Gasteiger partial charge in [0.15, 0.2) is 0 Å². The molecule has 0 radical (unpaired) electrons. The lowest BCUT2D eigenvalue weighted by Crippen LogP contribution is -2.19. The molecule has 0 spiro atoms. The first-order valence-corrected chi connectivity index (χ1v) is 7.85. The third-order valence-electron chi connectivity index (χ3n) is 3.20. The monoisotopic (exact) mass is 351 g/mol. The molecule has 0 saturated carbocycles. The fourth-order valence-electron chi connectivity index (χ4n) is 1.99. The van der Waals surface area contributed by atoms with Crippen molar-refractivity contribution in [1.82, 2.24) is 5.32 Å². The van der Waals surface area contributed by atoms with E-state index in [2.05, 4.69) is 35.1 Å². The Kier molecular flexibility index (Phi) is 5.76. The summed E-state index contributed by atoms with van der Waals surface area (Å²) in [6.45, 7) is 5.29. The summed E-state index contributed by atoms with van der Waals surface area (Å²) in [5.41, 5.74) is 1.22. The Morgan fingerprint density at radius 3 is 2.52 bits per heavy atom. The van der Waals surface area contributed by atoms with Crippen molar-refractivity contribution >= 4 is 15.9 Å². The molecule has 2 rings (SSSR count). The van der Waals surface area contributed by atoms with Crippen molar-refractivity contribution in [1.29, 1.82) is 0 Å². The Hall–Kier alpha value is -1.39. The van der Waals surface area contributed by atoms with Crippen molar-refractivity contribution in [2.24, 2.45) is 0 Å². The quantitative estimate of drug-likeness (QED) is 0.747. The molecule has 0 fully saturated rings. The smallest absolute Gasteiger partial charge is 0.141 e. The number of halogens is 2. The second kappa shape index (κ2) is 7.57. The minimum Gasteiger partial charge on any atom is -0.456 e. The molecule has 0 aliphatic carbocycles. The molecule has 0 amide bonds. The van der Waals surface area contributed by atoms with E-state index in [1.54, 1.807) is 6.07 Å². The zero-order chi connectivity index (χ0) is 15.2. The number of hydrogen-bond donors (Lipinski definition) is 1. The molecule has 21 heavy (non-hydrogen) atoms. The van der Waals surface area contributed by atoms with Crippen molar-refractivity contribution in [3.05, 3.63) is 58.3 Å². The highest BCUT2D eigenvalue weighted by Crippen LogP contribution is 2.30. The van der Waals surface area contributed by atoms with Crippen molar-refractivity contribution in [3.8, 4) is 11.5 Å². The maximum Gasteiger partial charge on any atom is 0.141 e. The number of nitrogens with one attached hydrogen (secondary N) is 1. The van der Waals surface area contributed by atoms with Crippen LogP contribution in [0.5, 0.6) is 11.5 Å². The topological polar surface area (TPSA) is 21.3 Å². The lowest BCUT2D eigenvalue weighted by molar-refractivity contribution is 0.476. The highest BCUT2D eigenvalue weighted by atomic mass is 79.9. The normalized spacial score (nSPS) is 12.2. The lowest BCUT2D eigenvalue weighted by Gasteiger charge is -2.14. The second-order valence-electron chi connectivity index (χ2n) is 4.92. The molecule has 1 atom stereocenters. The number of rotatable bonds is 6. The molecule has 0 aliphatic heterocycles. The SMILES string of the molecule is CCCNC(C)c1ccc(Oc2ccc(F)cc2Br)cc1. The summed E-state index contributed by atoms with van der Waals surface area (Å²) in [6, 6.07) is 12.6. The predicted octanol–water partition coefficient (Wildman–Crippen LogP) is 5.44. The maximum atomic E-state index is 13.0. The van der Waals surface area contributed by atoms with E-state index in [0.29, 0.717) is 16.3 Å². The largest absolute Gasteiger partial charge is 0.456 e. The summed E-state index contributed by atoms with van der Waals surface area (Å²) < 4.78 is 19.4. The van der Waals surface area contributed by atoms with Crippen LogP contribution in [0.25, 0.3) is 0 Å². The van der Waals surface area contributed by atoms with Gasteiger partial charge in [0.1, 0.15) is 17.3 Å². The van der Waals surface area contributed by atoms with Gasteiger partial charge >= 0.3 is 0 Å². The number of ether oxygens (including phenoxy) is 1. The molecule has 0 aliphatic rings. The first-order valence-electron chi connectivity index (χ1n) is 7.06. The van der Waals surface area contributed by atoms with Crippen LogP contribution in [0.4, 0.5) is 4.39 Å². The fraction of sp³-hybridized carbons (Fsp3) is 0.294. The first-order chi connectivity index (χ1) is 10.1. The van der Waals surface area contributed by atoms with E-state index in [4.69, 9.17) is 4.74 Å². The van der Waals surface area contributed by atoms with E-state index in [1.165, 1.54) is 17.7 Å². The second-order valence-corrected chi connectivity index (χ2v) is 5.78. The van der Waals surface area contributed by atoms with Gasteiger partial charge in [0.05, 0.1) is 4.47 Å². The number of hydrogen-bond acceptors (Lipinski definition) is 2. The van der Waals surface area contributed by atoms with Crippen LogP contribution in [0.15, 0.2) is 46.9 Å². The van der Waals surface area contributed by atoms with Crippen molar-refractivity contribution < 1.29 is 9.13 Å². The minimum atomic E-state index is -0.291. The van der Waals surface area contributed by atoms with Gasteiger partial charge in [-0.15, -0.1) is 0 Å². The molecule has 1 unspecified atom stereocenters. The standard InChI is InChI=1S/C17H19BrFNO/c1-3-10-20-12(2)13-4-7-15(8-5-13)21-17-9-6-14(19)11-16(17)18/h4-9,11-12,20H,3,10H2,1-2H3. The van der Waals surface area contributed by atoms with Gasteiger partial charge in [-0.2, -0.15) is 0 Å². The molecule has 0 saturated heterocycles. The van der Waals surface area contributed by atoms with Gasteiger partial charge in [-0.1, -0.05) is 19.1 Å². The van der Waals surface area contributed by atoms with Gasteiger partial charge in [0.2, 0.25) is 0 Å². The van der Waals surface area contributed by atoms with Crippen LogP contribution in [0, 0.1) is 5.82 Å². The fourth-order valence-corrected chi connectivity index (χ4v) is 2.42. The molecular weight excluding hydrogens is 333 g/mol. The van der Waals surface area contributed by atoms with Crippen molar-refractivity contribution in [3.63, 3.8) is 0 Å². The first kappa shape index (κ1) is 16.0. The molecule has 0 aromatic heterocycles. The zero-order valence-electron chi connectivity index (χ0n) is 12.2. The van der Waals surface area contributed by atoms with Crippen molar-refractivity contribution in [2.45, 2.75) is 26.3 Å². The molecule has 0 heterocycles. The van der Waals surface area contributed by atoms with Gasteiger partial charge in [-0.05, 0) is 71.7 Å². The van der Waals surface area contributed by atoms with Crippen molar-refractivity contribution in [2.75, 3.05) is 6.54 Å². The summed E-state index contributed by atoms with van der Waals surface area (Å²) in [6.07, 6.45) is 1.12. The Morgan fingerprint density at radius 1 is 1.19 bits per heavy atom. The van der Waals surface area contributed by atoms with Gasteiger partial charge in [0, 0.05) is 6.04 Å². The van der Waals surface area contributed by atoms with Crippen LogP contribution in [0.2, 0.25) is 0 Å².